The van der Waals surface area contributed by atoms with Crippen LogP contribution >= 0.6 is 11.6 Å². The summed E-state index contributed by atoms with van der Waals surface area (Å²) in [4.78, 5) is 23.4. The van der Waals surface area contributed by atoms with Crippen molar-refractivity contribution in [3.8, 4) is 0 Å². The minimum absolute atomic E-state index is 0.0877. The molecule has 0 saturated heterocycles. The van der Waals surface area contributed by atoms with Crippen molar-refractivity contribution >= 4 is 29.1 Å². The van der Waals surface area contributed by atoms with E-state index in [1.807, 2.05) is 13.8 Å². The first-order chi connectivity index (χ1) is 9.79. The molecule has 0 heterocycles. The zero-order valence-electron chi connectivity index (χ0n) is 12.4. The summed E-state index contributed by atoms with van der Waals surface area (Å²) in [6.45, 7) is 5.79. The van der Waals surface area contributed by atoms with Gasteiger partial charge in [-0.25, -0.2) is 0 Å². The highest BCUT2D eigenvalue weighted by Crippen LogP contribution is 2.22. The Balaban J connectivity index is 2.49. The molecule has 0 aliphatic rings. The molecule has 21 heavy (non-hydrogen) atoms. The number of rotatable bonds is 5. The lowest BCUT2D eigenvalue weighted by atomic mass is 10.0. The molecule has 6 heteroatoms. The Kier molecular flexibility index (Phi) is 6.65. The van der Waals surface area contributed by atoms with E-state index in [1.54, 1.807) is 25.1 Å². The molecule has 5 nitrogen and oxygen atoms in total. The summed E-state index contributed by atoms with van der Waals surface area (Å²) in [5, 5.41) is 14.6. The van der Waals surface area contributed by atoms with E-state index in [0.717, 1.165) is 5.56 Å². The molecule has 2 unspecified atom stereocenters. The van der Waals surface area contributed by atoms with Gasteiger partial charge in [-0.2, -0.15) is 0 Å². The van der Waals surface area contributed by atoms with E-state index in [9.17, 15) is 14.7 Å². The molecule has 2 atom stereocenters. The molecule has 0 aliphatic carbocycles. The van der Waals surface area contributed by atoms with Gasteiger partial charge in [0.05, 0.1) is 16.8 Å². The predicted molar refractivity (Wildman–Crippen MR) is 83.3 cm³/mol. The number of aliphatic hydroxyl groups is 1. The average molecular weight is 313 g/mol. The topological polar surface area (TPSA) is 78.4 Å². The summed E-state index contributed by atoms with van der Waals surface area (Å²) in [5.74, 6) is -1.39. The number of anilines is 1. The minimum atomic E-state index is -0.759. The number of aryl methyl sites for hydroxylation is 1. The molecule has 0 fully saturated rings. The monoisotopic (exact) mass is 312 g/mol. The standard InChI is InChI=1S/C15H21ClN2O3/c1-9-4-5-13(12(16)7-9)18-15(21)14(20)17-8-10(2)6-11(3)19/h4-5,7,10-11,19H,6,8H2,1-3H3,(H,17,20)(H,18,21). The Morgan fingerprint density at radius 1 is 1.29 bits per heavy atom. The summed E-state index contributed by atoms with van der Waals surface area (Å²) < 4.78 is 0. The van der Waals surface area contributed by atoms with Gasteiger partial charge in [0, 0.05) is 6.54 Å². The van der Waals surface area contributed by atoms with E-state index < -0.39 is 17.9 Å². The second kappa shape index (κ2) is 8.00. The van der Waals surface area contributed by atoms with E-state index >= 15 is 0 Å². The molecule has 2 amide bonds. The summed E-state index contributed by atoms with van der Waals surface area (Å²) in [6, 6.07) is 5.16. The van der Waals surface area contributed by atoms with Gasteiger partial charge in [-0.3, -0.25) is 9.59 Å². The lowest BCUT2D eigenvalue weighted by molar-refractivity contribution is -0.136. The van der Waals surface area contributed by atoms with E-state index in [4.69, 9.17) is 11.6 Å². The fourth-order valence-electron chi connectivity index (χ4n) is 1.91. The molecule has 0 spiro atoms. The largest absolute Gasteiger partial charge is 0.393 e. The fourth-order valence-corrected chi connectivity index (χ4v) is 2.20. The number of aliphatic hydroxyl groups excluding tert-OH is 1. The number of benzene rings is 1. The van der Waals surface area contributed by atoms with Gasteiger partial charge in [-0.05, 0) is 43.9 Å². The highest BCUT2D eigenvalue weighted by molar-refractivity contribution is 6.41. The van der Waals surface area contributed by atoms with Crippen molar-refractivity contribution in [1.29, 1.82) is 0 Å². The Morgan fingerprint density at radius 2 is 1.95 bits per heavy atom. The molecule has 0 radical (unpaired) electrons. The predicted octanol–water partition coefficient (Wildman–Crippen LogP) is 2.11. The van der Waals surface area contributed by atoms with Gasteiger partial charge in [-0.1, -0.05) is 24.6 Å². The first-order valence-corrected chi connectivity index (χ1v) is 7.20. The number of amides is 2. The van der Waals surface area contributed by atoms with Crippen LogP contribution < -0.4 is 10.6 Å². The second-order valence-corrected chi connectivity index (χ2v) is 5.74. The SMILES string of the molecule is Cc1ccc(NC(=O)C(=O)NCC(C)CC(C)O)c(Cl)c1. The van der Waals surface area contributed by atoms with Crippen molar-refractivity contribution in [2.45, 2.75) is 33.3 Å². The quantitative estimate of drug-likeness (QED) is 0.729. The summed E-state index contributed by atoms with van der Waals surface area (Å²) in [5.41, 5.74) is 1.37. The molecule has 0 bridgehead atoms. The van der Waals surface area contributed by atoms with Gasteiger partial charge < -0.3 is 15.7 Å². The summed E-state index contributed by atoms with van der Waals surface area (Å²) >= 11 is 5.99. The van der Waals surface area contributed by atoms with E-state index in [0.29, 0.717) is 23.7 Å². The van der Waals surface area contributed by atoms with Crippen LogP contribution in [0.4, 0.5) is 5.69 Å². The van der Waals surface area contributed by atoms with Gasteiger partial charge in [0.2, 0.25) is 0 Å². The van der Waals surface area contributed by atoms with Crippen LogP contribution in [0.5, 0.6) is 0 Å². The van der Waals surface area contributed by atoms with Crippen molar-refractivity contribution in [1.82, 2.24) is 5.32 Å². The van der Waals surface area contributed by atoms with Crippen LogP contribution in [0.3, 0.4) is 0 Å². The van der Waals surface area contributed by atoms with Crippen LogP contribution in [0.15, 0.2) is 18.2 Å². The van der Waals surface area contributed by atoms with Crippen molar-refractivity contribution in [3.63, 3.8) is 0 Å². The first-order valence-electron chi connectivity index (χ1n) is 6.83. The number of hydrogen-bond donors (Lipinski definition) is 3. The lowest BCUT2D eigenvalue weighted by Crippen LogP contribution is -2.38. The van der Waals surface area contributed by atoms with Crippen molar-refractivity contribution in [3.05, 3.63) is 28.8 Å². The van der Waals surface area contributed by atoms with Crippen LogP contribution in [0, 0.1) is 12.8 Å². The maximum Gasteiger partial charge on any atom is 0.313 e. The Hall–Kier alpha value is -1.59. The highest BCUT2D eigenvalue weighted by Gasteiger charge is 2.16. The molecular formula is C15H21ClN2O3. The van der Waals surface area contributed by atoms with Gasteiger partial charge in [0.15, 0.2) is 0 Å². The number of nitrogens with one attached hydrogen (secondary N) is 2. The van der Waals surface area contributed by atoms with Crippen molar-refractivity contribution in [2.75, 3.05) is 11.9 Å². The molecule has 116 valence electrons. The molecule has 3 N–H and O–H groups in total. The fraction of sp³-hybridized carbons (Fsp3) is 0.467. The van der Waals surface area contributed by atoms with Crippen LogP contribution in [0.2, 0.25) is 5.02 Å². The third-order valence-corrected chi connectivity index (χ3v) is 3.25. The van der Waals surface area contributed by atoms with Gasteiger partial charge in [0.25, 0.3) is 0 Å². The maximum absolute atomic E-state index is 11.8. The normalized spacial score (nSPS) is 13.4. The van der Waals surface area contributed by atoms with Gasteiger partial charge in [-0.15, -0.1) is 0 Å². The molecule has 1 rings (SSSR count). The van der Waals surface area contributed by atoms with Gasteiger partial charge >= 0.3 is 11.8 Å². The van der Waals surface area contributed by atoms with E-state index in [1.165, 1.54) is 0 Å². The molecule has 0 aromatic heterocycles. The van der Waals surface area contributed by atoms with Crippen LogP contribution in [-0.4, -0.2) is 29.6 Å². The number of halogens is 1. The third-order valence-electron chi connectivity index (χ3n) is 2.93. The molecule has 1 aromatic rings. The molecule has 0 aliphatic heterocycles. The number of carbonyl (C=O) groups is 2. The third kappa shape index (κ3) is 6.14. The molecule has 1 aromatic carbocycles. The summed E-state index contributed by atoms with van der Waals surface area (Å²) in [6.07, 6.45) is 0.128. The Bertz CT molecular complexity index is 518. The zero-order chi connectivity index (χ0) is 16.0. The Morgan fingerprint density at radius 3 is 2.52 bits per heavy atom. The highest BCUT2D eigenvalue weighted by atomic mass is 35.5. The summed E-state index contributed by atoms with van der Waals surface area (Å²) in [7, 11) is 0. The van der Waals surface area contributed by atoms with E-state index in [2.05, 4.69) is 10.6 Å². The van der Waals surface area contributed by atoms with Crippen molar-refractivity contribution < 1.29 is 14.7 Å². The Labute approximate surface area is 129 Å². The minimum Gasteiger partial charge on any atom is -0.393 e. The average Bonchev–Trinajstić information content (AvgIpc) is 2.38. The molecular weight excluding hydrogens is 292 g/mol. The van der Waals surface area contributed by atoms with Crippen molar-refractivity contribution in [2.24, 2.45) is 5.92 Å². The van der Waals surface area contributed by atoms with E-state index in [-0.39, 0.29) is 5.92 Å². The molecule has 0 saturated carbocycles. The van der Waals surface area contributed by atoms with Crippen LogP contribution in [-0.2, 0) is 9.59 Å². The van der Waals surface area contributed by atoms with Crippen LogP contribution in [0.25, 0.3) is 0 Å². The second-order valence-electron chi connectivity index (χ2n) is 5.34. The van der Waals surface area contributed by atoms with Gasteiger partial charge in [0.1, 0.15) is 0 Å². The zero-order valence-corrected chi connectivity index (χ0v) is 13.2. The van der Waals surface area contributed by atoms with Crippen LogP contribution in [0.1, 0.15) is 25.8 Å². The maximum atomic E-state index is 11.8. The number of carbonyl (C=O) groups excluding carboxylic acids is 2. The number of hydrogen-bond acceptors (Lipinski definition) is 3. The first kappa shape index (κ1) is 17.5. The lowest BCUT2D eigenvalue weighted by Gasteiger charge is -2.14. The smallest absolute Gasteiger partial charge is 0.313 e.